The van der Waals surface area contributed by atoms with Gasteiger partial charge in [-0.25, -0.2) is 13.2 Å². The number of carbonyl (C=O) groups excluding carboxylic acids is 1. The third-order valence-electron chi connectivity index (χ3n) is 2.04. The highest BCUT2D eigenvalue weighted by Gasteiger charge is 2.15. The molecule has 0 heterocycles. The fourth-order valence-corrected chi connectivity index (χ4v) is 2.75. The smallest absolute Gasteiger partial charge is 0.319 e. The summed E-state index contributed by atoms with van der Waals surface area (Å²) >= 11 is 5.77. The predicted molar refractivity (Wildman–Crippen MR) is 73.4 cm³/mol. The van der Waals surface area contributed by atoms with Gasteiger partial charge in [-0.3, -0.25) is 0 Å². The van der Waals surface area contributed by atoms with E-state index in [-0.39, 0.29) is 9.92 Å². The Hall–Kier alpha value is -1.02. The van der Waals surface area contributed by atoms with Crippen LogP contribution in [0.4, 0.5) is 10.5 Å². The fraction of sp³-hybridized carbons (Fsp3) is 0.300. The zero-order valence-corrected chi connectivity index (χ0v) is 12.3. The van der Waals surface area contributed by atoms with Crippen LogP contribution in [0, 0.1) is 0 Å². The lowest BCUT2D eigenvalue weighted by Crippen LogP contribution is -2.31. The summed E-state index contributed by atoms with van der Waals surface area (Å²) in [6.45, 7) is 0.738. The number of benzene rings is 1. The molecule has 0 aromatic heterocycles. The van der Waals surface area contributed by atoms with Gasteiger partial charge in [0.1, 0.15) is 4.90 Å². The molecule has 1 rings (SSSR count). The number of hydrogen-bond acceptors (Lipinski definition) is 4. The number of halogens is 2. The third kappa shape index (κ3) is 5.23. The standard InChI is InChI=1S/C10H12Cl2N2O4S/c1-18-5-4-13-10(15)14-7-2-3-9(8(11)6-7)19(12,16)17/h2-3,6H,4-5H2,1H3,(H2,13,14,15). The molecule has 0 saturated carbocycles. The Bertz CT molecular complexity index is 563. The second-order valence-corrected chi connectivity index (χ2v) is 6.40. The van der Waals surface area contributed by atoms with Crippen molar-refractivity contribution in [1.82, 2.24) is 5.32 Å². The number of carbonyl (C=O) groups is 1. The van der Waals surface area contributed by atoms with Crippen molar-refractivity contribution in [1.29, 1.82) is 0 Å². The van der Waals surface area contributed by atoms with Crippen LogP contribution in [0.3, 0.4) is 0 Å². The first-order valence-electron chi connectivity index (χ1n) is 5.12. The van der Waals surface area contributed by atoms with Gasteiger partial charge < -0.3 is 15.4 Å². The summed E-state index contributed by atoms with van der Waals surface area (Å²) in [7, 11) is 2.80. The van der Waals surface area contributed by atoms with Crippen molar-refractivity contribution in [2.75, 3.05) is 25.6 Å². The largest absolute Gasteiger partial charge is 0.383 e. The molecule has 1 aromatic rings. The highest BCUT2D eigenvalue weighted by Crippen LogP contribution is 2.27. The summed E-state index contributed by atoms with van der Waals surface area (Å²) in [6.07, 6.45) is 0. The minimum atomic E-state index is -3.90. The van der Waals surface area contributed by atoms with Crippen molar-refractivity contribution in [3.05, 3.63) is 23.2 Å². The van der Waals surface area contributed by atoms with E-state index in [0.717, 1.165) is 0 Å². The van der Waals surface area contributed by atoms with Gasteiger partial charge in [-0.15, -0.1) is 0 Å². The van der Waals surface area contributed by atoms with Crippen molar-refractivity contribution in [3.63, 3.8) is 0 Å². The number of ether oxygens (including phenoxy) is 1. The molecule has 0 saturated heterocycles. The lowest BCUT2D eigenvalue weighted by Gasteiger charge is -2.08. The van der Waals surface area contributed by atoms with E-state index in [4.69, 9.17) is 27.0 Å². The molecular weight excluding hydrogens is 315 g/mol. The van der Waals surface area contributed by atoms with Crippen molar-refractivity contribution in [3.8, 4) is 0 Å². The zero-order chi connectivity index (χ0) is 14.5. The Morgan fingerprint density at radius 3 is 2.63 bits per heavy atom. The topological polar surface area (TPSA) is 84.5 Å². The normalized spacial score (nSPS) is 11.1. The van der Waals surface area contributed by atoms with Crippen molar-refractivity contribution < 1.29 is 17.9 Å². The average Bonchev–Trinajstić information content (AvgIpc) is 2.27. The van der Waals surface area contributed by atoms with Crippen LogP contribution >= 0.6 is 22.3 Å². The van der Waals surface area contributed by atoms with Gasteiger partial charge in [0, 0.05) is 30.0 Å². The van der Waals surface area contributed by atoms with Crippen LogP contribution in [-0.4, -0.2) is 34.7 Å². The quantitative estimate of drug-likeness (QED) is 0.640. The molecule has 106 valence electrons. The molecule has 6 nitrogen and oxygen atoms in total. The van der Waals surface area contributed by atoms with Crippen LogP contribution in [0.25, 0.3) is 0 Å². The van der Waals surface area contributed by atoms with E-state index in [0.29, 0.717) is 18.8 Å². The van der Waals surface area contributed by atoms with Gasteiger partial charge in [-0.2, -0.15) is 0 Å². The highest BCUT2D eigenvalue weighted by molar-refractivity contribution is 8.13. The minimum absolute atomic E-state index is 0.0651. The summed E-state index contributed by atoms with van der Waals surface area (Å²) in [6, 6.07) is 3.45. The number of amides is 2. The average molecular weight is 327 g/mol. The number of nitrogens with one attached hydrogen (secondary N) is 2. The molecule has 0 atom stereocenters. The van der Waals surface area contributed by atoms with Gasteiger partial charge in [0.25, 0.3) is 9.05 Å². The van der Waals surface area contributed by atoms with Crippen LogP contribution in [0.5, 0.6) is 0 Å². The number of urea groups is 1. The first kappa shape index (κ1) is 16.0. The molecular formula is C10H12Cl2N2O4S. The second-order valence-electron chi connectivity index (χ2n) is 3.46. The molecule has 0 aliphatic heterocycles. The SMILES string of the molecule is COCCNC(=O)Nc1ccc(S(=O)(=O)Cl)c(Cl)c1. The molecule has 0 aliphatic rings. The molecule has 2 amide bonds. The Labute approximate surface area is 120 Å². The number of anilines is 1. The van der Waals surface area contributed by atoms with E-state index in [1.807, 2.05) is 0 Å². The van der Waals surface area contributed by atoms with E-state index >= 15 is 0 Å². The fourth-order valence-electron chi connectivity index (χ4n) is 1.22. The number of methoxy groups -OCH3 is 1. The molecule has 1 aromatic carbocycles. The third-order valence-corrected chi connectivity index (χ3v) is 3.85. The van der Waals surface area contributed by atoms with Gasteiger partial charge in [0.15, 0.2) is 0 Å². The van der Waals surface area contributed by atoms with E-state index in [1.54, 1.807) is 0 Å². The molecule has 0 spiro atoms. The summed E-state index contributed by atoms with van der Waals surface area (Å²) < 4.78 is 27.0. The maximum absolute atomic E-state index is 11.4. The molecule has 0 bridgehead atoms. The summed E-state index contributed by atoms with van der Waals surface area (Å²) in [4.78, 5) is 11.2. The van der Waals surface area contributed by atoms with Gasteiger partial charge in [0.2, 0.25) is 0 Å². The van der Waals surface area contributed by atoms with Crippen LogP contribution < -0.4 is 10.6 Å². The maximum atomic E-state index is 11.4. The Balaban J connectivity index is 2.72. The molecule has 0 aliphatic carbocycles. The summed E-state index contributed by atoms with van der Waals surface area (Å²) in [5.41, 5.74) is 0.351. The van der Waals surface area contributed by atoms with E-state index in [1.165, 1.54) is 25.3 Å². The molecule has 0 unspecified atom stereocenters. The van der Waals surface area contributed by atoms with Crippen LogP contribution in [-0.2, 0) is 13.8 Å². The van der Waals surface area contributed by atoms with Crippen molar-refractivity contribution in [2.45, 2.75) is 4.90 Å². The Kier molecular flexibility index (Phi) is 5.86. The first-order valence-corrected chi connectivity index (χ1v) is 7.81. The minimum Gasteiger partial charge on any atom is -0.383 e. The molecule has 0 fully saturated rings. The monoisotopic (exact) mass is 326 g/mol. The first-order chi connectivity index (χ1) is 8.84. The molecule has 0 radical (unpaired) electrons. The van der Waals surface area contributed by atoms with E-state index < -0.39 is 15.1 Å². The lowest BCUT2D eigenvalue weighted by atomic mass is 10.3. The van der Waals surface area contributed by atoms with Crippen molar-refractivity contribution >= 4 is 43.1 Å². The molecule has 2 N–H and O–H groups in total. The van der Waals surface area contributed by atoms with Gasteiger partial charge in [-0.1, -0.05) is 11.6 Å². The van der Waals surface area contributed by atoms with Crippen LogP contribution in [0.1, 0.15) is 0 Å². The Morgan fingerprint density at radius 1 is 1.42 bits per heavy atom. The molecule has 9 heteroatoms. The van der Waals surface area contributed by atoms with Gasteiger partial charge in [-0.05, 0) is 18.2 Å². The van der Waals surface area contributed by atoms with Gasteiger partial charge in [0.05, 0.1) is 11.6 Å². The summed E-state index contributed by atoms with van der Waals surface area (Å²) in [5.74, 6) is 0. The lowest BCUT2D eigenvalue weighted by molar-refractivity contribution is 0.198. The molecule has 19 heavy (non-hydrogen) atoms. The number of rotatable bonds is 5. The number of hydrogen-bond donors (Lipinski definition) is 2. The Morgan fingerprint density at radius 2 is 2.11 bits per heavy atom. The van der Waals surface area contributed by atoms with Crippen molar-refractivity contribution in [2.24, 2.45) is 0 Å². The maximum Gasteiger partial charge on any atom is 0.319 e. The van der Waals surface area contributed by atoms with E-state index in [2.05, 4.69) is 10.6 Å². The zero-order valence-electron chi connectivity index (χ0n) is 9.94. The van der Waals surface area contributed by atoms with Crippen LogP contribution in [0.2, 0.25) is 5.02 Å². The van der Waals surface area contributed by atoms with Crippen LogP contribution in [0.15, 0.2) is 23.1 Å². The van der Waals surface area contributed by atoms with Gasteiger partial charge >= 0.3 is 6.03 Å². The predicted octanol–water partition coefficient (Wildman–Crippen LogP) is 2.04. The highest BCUT2D eigenvalue weighted by atomic mass is 35.7. The van der Waals surface area contributed by atoms with E-state index in [9.17, 15) is 13.2 Å². The summed E-state index contributed by atoms with van der Waals surface area (Å²) in [5, 5.41) is 4.96. The second kappa shape index (κ2) is 6.95.